The van der Waals surface area contributed by atoms with Crippen LogP contribution in [0.3, 0.4) is 0 Å². The normalized spacial score (nSPS) is 11.0. The van der Waals surface area contributed by atoms with Crippen LogP contribution in [0, 0.1) is 13.8 Å². The Hall–Kier alpha value is -3.20. The number of imidazole rings is 1. The molecule has 0 aromatic carbocycles. The summed E-state index contributed by atoms with van der Waals surface area (Å²) in [7, 11) is 0. The molecule has 3 aromatic heterocycles. The van der Waals surface area contributed by atoms with Crippen molar-refractivity contribution in [3.8, 4) is 0 Å². The molecule has 0 aliphatic rings. The van der Waals surface area contributed by atoms with Crippen LogP contribution in [0.25, 0.3) is 5.65 Å². The van der Waals surface area contributed by atoms with E-state index in [1.165, 1.54) is 0 Å². The Morgan fingerprint density at radius 1 is 1.23 bits per heavy atom. The smallest absolute Gasteiger partial charge is 0.348 e. The molecule has 0 saturated heterocycles. The molecular formula is C21H23N3O5S. The molecule has 9 heteroatoms. The first-order chi connectivity index (χ1) is 14.2. The molecule has 1 N–H and O–H groups in total. The van der Waals surface area contributed by atoms with Crippen LogP contribution >= 0.6 is 11.3 Å². The van der Waals surface area contributed by atoms with E-state index < -0.39 is 17.8 Å². The molecule has 0 unspecified atom stereocenters. The molecule has 0 fully saturated rings. The molecule has 3 heterocycles. The Labute approximate surface area is 177 Å². The molecule has 3 aromatic rings. The number of amides is 1. The van der Waals surface area contributed by atoms with Crippen molar-refractivity contribution in [1.29, 1.82) is 0 Å². The van der Waals surface area contributed by atoms with Crippen molar-refractivity contribution >= 4 is 39.8 Å². The fourth-order valence-corrected chi connectivity index (χ4v) is 3.95. The third-order valence-corrected chi connectivity index (χ3v) is 5.42. The van der Waals surface area contributed by atoms with Crippen LogP contribution in [0.5, 0.6) is 0 Å². The molecule has 0 spiro atoms. The number of aryl methyl sites for hydroxylation is 1. The maximum Gasteiger partial charge on any atom is 0.348 e. The topological polar surface area (TPSA) is 99.0 Å². The van der Waals surface area contributed by atoms with Crippen molar-refractivity contribution in [3.05, 3.63) is 51.8 Å². The van der Waals surface area contributed by atoms with Crippen molar-refractivity contribution in [2.45, 2.75) is 40.7 Å². The van der Waals surface area contributed by atoms with Gasteiger partial charge in [0.05, 0.1) is 18.3 Å². The number of carbonyl (C=O) groups excluding carboxylic acids is 3. The van der Waals surface area contributed by atoms with E-state index in [1.54, 1.807) is 38.3 Å². The molecular weight excluding hydrogens is 406 g/mol. The molecule has 30 heavy (non-hydrogen) atoms. The second-order valence-electron chi connectivity index (χ2n) is 6.98. The molecule has 0 bridgehead atoms. The summed E-state index contributed by atoms with van der Waals surface area (Å²) in [6.07, 6.45) is 3.10. The van der Waals surface area contributed by atoms with Crippen molar-refractivity contribution in [3.63, 3.8) is 0 Å². The Kier molecular flexibility index (Phi) is 6.21. The number of hydrogen-bond acceptors (Lipinski definition) is 7. The SMILES string of the molecule is CCOC(=O)c1c(NC(=O)c2cn3ccc(C)cc3n2)sc(C(=O)OC(C)C)c1C. The molecule has 3 rings (SSSR count). The molecule has 0 atom stereocenters. The maximum atomic E-state index is 12.8. The van der Waals surface area contributed by atoms with Crippen molar-refractivity contribution in [1.82, 2.24) is 9.38 Å². The van der Waals surface area contributed by atoms with Gasteiger partial charge in [-0.25, -0.2) is 14.6 Å². The first-order valence-electron chi connectivity index (χ1n) is 9.49. The Balaban J connectivity index is 1.97. The van der Waals surface area contributed by atoms with Gasteiger partial charge >= 0.3 is 11.9 Å². The van der Waals surface area contributed by atoms with Gasteiger partial charge in [0.25, 0.3) is 5.91 Å². The Bertz CT molecular complexity index is 1130. The standard InChI is InChI=1S/C21H23N3O5S/c1-6-28-20(26)16-13(5)17(21(27)29-11(2)3)30-19(16)23-18(25)14-10-24-8-7-12(4)9-15(24)22-14/h7-11H,6H2,1-5H3,(H,23,25). The van der Waals surface area contributed by atoms with Gasteiger partial charge in [0.15, 0.2) is 0 Å². The molecule has 158 valence electrons. The zero-order valence-electron chi connectivity index (χ0n) is 17.4. The number of fused-ring (bicyclic) bond motifs is 1. The highest BCUT2D eigenvalue weighted by atomic mass is 32.1. The summed E-state index contributed by atoms with van der Waals surface area (Å²) in [5.41, 5.74) is 2.39. The highest BCUT2D eigenvalue weighted by Gasteiger charge is 2.28. The number of hydrogen-bond donors (Lipinski definition) is 1. The molecule has 0 saturated carbocycles. The summed E-state index contributed by atoms with van der Waals surface area (Å²) in [5, 5.41) is 2.93. The summed E-state index contributed by atoms with van der Waals surface area (Å²) in [6.45, 7) is 8.89. The lowest BCUT2D eigenvalue weighted by atomic mass is 10.1. The largest absolute Gasteiger partial charge is 0.462 e. The van der Waals surface area contributed by atoms with Crippen LogP contribution in [0.4, 0.5) is 5.00 Å². The van der Waals surface area contributed by atoms with Crippen LogP contribution in [-0.4, -0.2) is 39.9 Å². The lowest BCUT2D eigenvalue weighted by Crippen LogP contribution is -2.15. The minimum Gasteiger partial charge on any atom is -0.462 e. The first-order valence-corrected chi connectivity index (χ1v) is 10.3. The number of carbonyl (C=O) groups is 3. The molecule has 1 amide bonds. The van der Waals surface area contributed by atoms with Crippen molar-refractivity contribution in [2.75, 3.05) is 11.9 Å². The summed E-state index contributed by atoms with van der Waals surface area (Å²) >= 11 is 0.981. The quantitative estimate of drug-likeness (QED) is 0.595. The van der Waals surface area contributed by atoms with Gasteiger partial charge in [-0.15, -0.1) is 11.3 Å². The second kappa shape index (κ2) is 8.66. The number of nitrogens with zero attached hydrogens (tertiary/aromatic N) is 2. The molecule has 0 aliphatic carbocycles. The summed E-state index contributed by atoms with van der Waals surface area (Å²) in [6, 6.07) is 3.76. The number of pyridine rings is 1. The van der Waals surface area contributed by atoms with Crippen LogP contribution in [0.1, 0.15) is 62.4 Å². The van der Waals surface area contributed by atoms with Crippen molar-refractivity contribution in [2.24, 2.45) is 0 Å². The van der Waals surface area contributed by atoms with E-state index in [9.17, 15) is 14.4 Å². The number of rotatable bonds is 6. The van der Waals surface area contributed by atoms with Crippen LogP contribution < -0.4 is 5.32 Å². The Morgan fingerprint density at radius 2 is 1.97 bits per heavy atom. The number of aromatic nitrogens is 2. The predicted octanol–water partition coefficient (Wildman–Crippen LogP) is 4.01. The zero-order valence-corrected chi connectivity index (χ0v) is 18.3. The third-order valence-electron chi connectivity index (χ3n) is 4.23. The molecule has 8 nitrogen and oxygen atoms in total. The van der Waals surface area contributed by atoms with Gasteiger partial charge < -0.3 is 19.2 Å². The summed E-state index contributed by atoms with van der Waals surface area (Å²) < 4.78 is 12.1. The zero-order chi connectivity index (χ0) is 22.0. The average molecular weight is 429 g/mol. The number of esters is 2. The highest BCUT2D eigenvalue weighted by Crippen LogP contribution is 2.34. The van der Waals surface area contributed by atoms with E-state index in [0.29, 0.717) is 11.2 Å². The van der Waals surface area contributed by atoms with Gasteiger partial charge in [-0.1, -0.05) is 0 Å². The van der Waals surface area contributed by atoms with Gasteiger partial charge in [-0.05, 0) is 57.9 Å². The monoisotopic (exact) mass is 429 g/mol. The van der Waals surface area contributed by atoms with E-state index >= 15 is 0 Å². The Morgan fingerprint density at radius 3 is 2.63 bits per heavy atom. The van der Waals surface area contributed by atoms with E-state index in [4.69, 9.17) is 9.47 Å². The van der Waals surface area contributed by atoms with Gasteiger partial charge in [0, 0.05) is 12.4 Å². The first kappa shape index (κ1) is 21.5. The van der Waals surface area contributed by atoms with Crippen molar-refractivity contribution < 1.29 is 23.9 Å². The number of nitrogens with one attached hydrogen (secondary N) is 1. The highest BCUT2D eigenvalue weighted by molar-refractivity contribution is 7.18. The fraction of sp³-hybridized carbons (Fsp3) is 0.333. The minimum atomic E-state index is -0.615. The third kappa shape index (κ3) is 4.35. The maximum absolute atomic E-state index is 12.8. The van der Waals surface area contributed by atoms with Crippen LogP contribution in [0.15, 0.2) is 24.5 Å². The number of anilines is 1. The van der Waals surface area contributed by atoms with Gasteiger partial charge in [-0.3, -0.25) is 4.79 Å². The van der Waals surface area contributed by atoms with Gasteiger partial charge in [0.1, 0.15) is 21.2 Å². The second-order valence-corrected chi connectivity index (χ2v) is 8.01. The summed E-state index contributed by atoms with van der Waals surface area (Å²) in [5.74, 6) is -1.66. The van der Waals surface area contributed by atoms with Crippen LogP contribution in [-0.2, 0) is 9.47 Å². The molecule has 0 radical (unpaired) electrons. The average Bonchev–Trinajstić information content (AvgIpc) is 3.22. The minimum absolute atomic E-state index is 0.144. The van der Waals surface area contributed by atoms with E-state index in [0.717, 1.165) is 16.9 Å². The van der Waals surface area contributed by atoms with Gasteiger partial charge in [-0.2, -0.15) is 0 Å². The van der Waals surface area contributed by atoms with Gasteiger partial charge in [0.2, 0.25) is 0 Å². The van der Waals surface area contributed by atoms with Crippen LogP contribution in [0.2, 0.25) is 0 Å². The number of thiophene rings is 1. The van der Waals surface area contributed by atoms with E-state index in [-0.39, 0.29) is 33.8 Å². The fourth-order valence-electron chi connectivity index (χ4n) is 2.87. The van der Waals surface area contributed by atoms with E-state index in [1.807, 2.05) is 25.3 Å². The predicted molar refractivity (Wildman–Crippen MR) is 113 cm³/mol. The van der Waals surface area contributed by atoms with E-state index in [2.05, 4.69) is 10.3 Å². The lowest BCUT2D eigenvalue weighted by Gasteiger charge is -2.07. The lowest BCUT2D eigenvalue weighted by molar-refractivity contribution is 0.0383. The number of ether oxygens (including phenoxy) is 2. The molecule has 0 aliphatic heterocycles. The summed E-state index contributed by atoms with van der Waals surface area (Å²) in [4.78, 5) is 42.3.